The molecule has 1 N–H and O–H groups in total. The van der Waals surface area contributed by atoms with E-state index in [9.17, 15) is 9.59 Å². The van der Waals surface area contributed by atoms with Gasteiger partial charge in [0.1, 0.15) is 12.1 Å². The lowest BCUT2D eigenvalue weighted by molar-refractivity contribution is -0.132. The average Bonchev–Trinajstić information content (AvgIpc) is 2.78. The topological polar surface area (TPSA) is 58.6 Å². The number of hydrogen-bond donors (Lipinski definition) is 1. The number of carbonyl (C=O) groups is 2. The number of rotatable bonds is 4. The third-order valence-electron chi connectivity index (χ3n) is 4.93. The zero-order valence-electron chi connectivity index (χ0n) is 14.0. The molecular weight excluding hydrogens is 363 g/mol. The van der Waals surface area contributed by atoms with E-state index < -0.39 is 5.54 Å². The van der Waals surface area contributed by atoms with E-state index in [0.717, 1.165) is 25.7 Å². The Hall–Kier alpha value is -1.46. The van der Waals surface area contributed by atoms with Crippen LogP contribution in [0.5, 0.6) is 5.75 Å². The fraction of sp³-hybridized carbons (Fsp3) is 0.556. The van der Waals surface area contributed by atoms with Crippen molar-refractivity contribution in [2.75, 3.05) is 13.2 Å². The maximum atomic E-state index is 12.9. The smallest absolute Gasteiger partial charge is 0.325 e. The van der Waals surface area contributed by atoms with Gasteiger partial charge in [-0.25, -0.2) is 4.79 Å². The minimum absolute atomic E-state index is 0.131. The SMILES string of the molecule is O=C1NC2(CCCCCCC2)C(=O)N1CCOc1c(Cl)cccc1Cl. The highest BCUT2D eigenvalue weighted by molar-refractivity contribution is 6.37. The fourth-order valence-corrected chi connectivity index (χ4v) is 4.09. The molecule has 1 aliphatic carbocycles. The summed E-state index contributed by atoms with van der Waals surface area (Å²) in [4.78, 5) is 26.4. The van der Waals surface area contributed by atoms with Crippen molar-refractivity contribution in [3.05, 3.63) is 28.2 Å². The monoisotopic (exact) mass is 384 g/mol. The van der Waals surface area contributed by atoms with Gasteiger partial charge in [0.05, 0.1) is 16.6 Å². The molecular formula is C18H22Cl2N2O3. The molecule has 2 aliphatic rings. The van der Waals surface area contributed by atoms with Crippen molar-refractivity contribution >= 4 is 35.1 Å². The number of para-hydroxylation sites is 1. The number of carbonyl (C=O) groups excluding carboxylic acids is 2. The summed E-state index contributed by atoms with van der Waals surface area (Å²) in [6.07, 6.45) is 6.78. The third-order valence-corrected chi connectivity index (χ3v) is 5.53. The maximum absolute atomic E-state index is 12.9. The Labute approximate surface area is 157 Å². The number of hydrogen-bond acceptors (Lipinski definition) is 3. The average molecular weight is 385 g/mol. The van der Waals surface area contributed by atoms with Crippen molar-refractivity contribution in [1.29, 1.82) is 0 Å². The van der Waals surface area contributed by atoms with Gasteiger partial charge in [-0.2, -0.15) is 0 Å². The summed E-state index contributed by atoms with van der Waals surface area (Å²) in [7, 11) is 0. The summed E-state index contributed by atoms with van der Waals surface area (Å²) in [6, 6.07) is 4.76. The van der Waals surface area contributed by atoms with Gasteiger partial charge < -0.3 is 10.1 Å². The second-order valence-electron chi connectivity index (χ2n) is 6.64. The lowest BCUT2D eigenvalue weighted by Crippen LogP contribution is -2.47. The number of nitrogens with zero attached hydrogens (tertiary/aromatic N) is 1. The molecule has 0 aromatic heterocycles. The van der Waals surface area contributed by atoms with Crippen LogP contribution in [0.25, 0.3) is 0 Å². The molecule has 0 unspecified atom stereocenters. The Morgan fingerprint density at radius 2 is 1.64 bits per heavy atom. The first-order valence-electron chi connectivity index (χ1n) is 8.74. The van der Waals surface area contributed by atoms with Crippen LogP contribution in [0.2, 0.25) is 10.0 Å². The van der Waals surface area contributed by atoms with Crippen LogP contribution in [0.15, 0.2) is 18.2 Å². The van der Waals surface area contributed by atoms with Crippen molar-refractivity contribution in [3.63, 3.8) is 0 Å². The number of halogens is 2. The first-order chi connectivity index (χ1) is 12.0. The predicted octanol–water partition coefficient (Wildman–Crippen LogP) is 4.41. The molecule has 1 spiro atoms. The molecule has 2 fully saturated rings. The van der Waals surface area contributed by atoms with Crippen LogP contribution in [0, 0.1) is 0 Å². The van der Waals surface area contributed by atoms with E-state index in [1.807, 2.05) is 0 Å². The molecule has 5 nitrogen and oxygen atoms in total. The molecule has 136 valence electrons. The van der Waals surface area contributed by atoms with E-state index in [0.29, 0.717) is 28.6 Å². The van der Waals surface area contributed by atoms with Gasteiger partial charge in [-0.15, -0.1) is 0 Å². The Morgan fingerprint density at radius 1 is 1.04 bits per heavy atom. The van der Waals surface area contributed by atoms with Crippen molar-refractivity contribution in [2.45, 2.75) is 50.5 Å². The van der Waals surface area contributed by atoms with Gasteiger partial charge in [0, 0.05) is 0 Å². The van der Waals surface area contributed by atoms with Crippen molar-refractivity contribution in [2.24, 2.45) is 0 Å². The molecule has 0 atom stereocenters. The quantitative estimate of drug-likeness (QED) is 0.782. The Bertz CT molecular complexity index is 637. The fourth-order valence-electron chi connectivity index (χ4n) is 3.59. The molecule has 0 bridgehead atoms. The highest BCUT2D eigenvalue weighted by atomic mass is 35.5. The van der Waals surface area contributed by atoms with E-state index in [4.69, 9.17) is 27.9 Å². The molecule has 25 heavy (non-hydrogen) atoms. The number of imide groups is 1. The molecule has 7 heteroatoms. The summed E-state index contributed by atoms with van der Waals surface area (Å²) < 4.78 is 5.61. The van der Waals surface area contributed by atoms with Gasteiger partial charge in [0.15, 0.2) is 5.75 Å². The molecule has 1 saturated heterocycles. The minimum Gasteiger partial charge on any atom is -0.489 e. The van der Waals surface area contributed by atoms with Crippen LogP contribution in [0.1, 0.15) is 44.9 Å². The van der Waals surface area contributed by atoms with Gasteiger partial charge in [0.2, 0.25) is 0 Å². The molecule has 3 amide bonds. The number of urea groups is 1. The normalized spacial score (nSPS) is 20.3. The Morgan fingerprint density at radius 3 is 2.28 bits per heavy atom. The largest absolute Gasteiger partial charge is 0.489 e. The first-order valence-corrected chi connectivity index (χ1v) is 9.50. The lowest BCUT2D eigenvalue weighted by Gasteiger charge is -2.28. The van der Waals surface area contributed by atoms with Crippen LogP contribution in [-0.2, 0) is 4.79 Å². The van der Waals surface area contributed by atoms with Crippen LogP contribution in [-0.4, -0.2) is 35.5 Å². The number of benzene rings is 1. The summed E-state index contributed by atoms with van der Waals surface area (Å²) >= 11 is 12.1. The Balaban J connectivity index is 1.63. The molecule has 1 aliphatic heterocycles. The lowest BCUT2D eigenvalue weighted by atomic mass is 9.84. The van der Waals surface area contributed by atoms with Crippen LogP contribution in [0.3, 0.4) is 0 Å². The number of amides is 3. The zero-order valence-corrected chi connectivity index (χ0v) is 15.5. The molecule has 1 aromatic carbocycles. The van der Waals surface area contributed by atoms with E-state index >= 15 is 0 Å². The van der Waals surface area contributed by atoms with Crippen LogP contribution in [0.4, 0.5) is 4.79 Å². The molecule has 1 saturated carbocycles. The third kappa shape index (κ3) is 3.87. The molecule has 0 radical (unpaired) electrons. The summed E-state index contributed by atoms with van der Waals surface area (Å²) in [5, 5.41) is 3.75. The second kappa shape index (κ2) is 7.83. The van der Waals surface area contributed by atoms with Crippen molar-refractivity contribution < 1.29 is 14.3 Å². The van der Waals surface area contributed by atoms with Gasteiger partial charge >= 0.3 is 6.03 Å². The summed E-state index contributed by atoms with van der Waals surface area (Å²) in [5.74, 6) is 0.242. The van der Waals surface area contributed by atoms with E-state index in [2.05, 4.69) is 5.32 Å². The summed E-state index contributed by atoms with van der Waals surface area (Å²) in [5.41, 5.74) is -0.723. The molecule has 3 rings (SSSR count). The number of ether oxygens (including phenoxy) is 1. The van der Waals surface area contributed by atoms with E-state index in [1.54, 1.807) is 18.2 Å². The number of nitrogens with one attached hydrogen (secondary N) is 1. The predicted molar refractivity (Wildman–Crippen MR) is 97.3 cm³/mol. The van der Waals surface area contributed by atoms with Crippen molar-refractivity contribution in [3.8, 4) is 5.75 Å². The van der Waals surface area contributed by atoms with Gasteiger partial charge in [0.25, 0.3) is 5.91 Å². The maximum Gasteiger partial charge on any atom is 0.325 e. The summed E-state index contributed by atoms with van der Waals surface area (Å²) in [6.45, 7) is 0.326. The van der Waals surface area contributed by atoms with Crippen LogP contribution < -0.4 is 10.1 Å². The van der Waals surface area contributed by atoms with Gasteiger partial charge in [-0.05, 0) is 25.0 Å². The van der Waals surface area contributed by atoms with E-state index in [-0.39, 0.29) is 25.1 Å². The molecule has 1 aromatic rings. The zero-order chi connectivity index (χ0) is 17.9. The molecule has 1 heterocycles. The highest BCUT2D eigenvalue weighted by Crippen LogP contribution is 2.33. The van der Waals surface area contributed by atoms with Gasteiger partial charge in [-0.1, -0.05) is 61.4 Å². The van der Waals surface area contributed by atoms with Crippen molar-refractivity contribution in [1.82, 2.24) is 10.2 Å². The second-order valence-corrected chi connectivity index (χ2v) is 7.45. The Kier molecular flexibility index (Phi) is 5.74. The first kappa shape index (κ1) is 18.3. The highest BCUT2D eigenvalue weighted by Gasteiger charge is 2.50. The standard InChI is InChI=1S/C18H22Cl2N2O3/c19-13-7-6-8-14(20)15(13)25-12-11-22-16(23)18(21-17(22)24)9-4-2-1-3-5-10-18/h6-8H,1-5,9-12H2,(H,21,24). The minimum atomic E-state index is -0.723. The van der Waals surface area contributed by atoms with Crippen LogP contribution >= 0.6 is 23.2 Å². The van der Waals surface area contributed by atoms with Gasteiger partial charge in [-0.3, -0.25) is 9.69 Å². The van der Waals surface area contributed by atoms with E-state index in [1.165, 1.54) is 11.3 Å².